The van der Waals surface area contributed by atoms with E-state index >= 15 is 0 Å². The van der Waals surface area contributed by atoms with Gasteiger partial charge in [0.25, 0.3) is 0 Å². The van der Waals surface area contributed by atoms with Gasteiger partial charge in [0.2, 0.25) is 0 Å². The SMILES string of the molecule is Cc1cnc(-c2ccncc2)n1CCNC(=O)NCC1CCCO1. The number of pyridine rings is 1. The zero-order chi connectivity index (χ0) is 16.8. The minimum atomic E-state index is -0.159. The molecule has 2 aromatic heterocycles. The summed E-state index contributed by atoms with van der Waals surface area (Å²) in [5, 5.41) is 5.74. The zero-order valence-electron chi connectivity index (χ0n) is 13.9. The van der Waals surface area contributed by atoms with E-state index in [0.29, 0.717) is 19.6 Å². The molecule has 1 saturated heterocycles. The van der Waals surface area contributed by atoms with Gasteiger partial charge < -0.3 is 19.9 Å². The predicted molar refractivity (Wildman–Crippen MR) is 90.6 cm³/mol. The van der Waals surface area contributed by atoms with Gasteiger partial charge in [-0.05, 0) is 31.9 Å². The number of aromatic nitrogens is 3. The third kappa shape index (κ3) is 4.11. The van der Waals surface area contributed by atoms with Gasteiger partial charge in [-0.3, -0.25) is 4.98 Å². The lowest BCUT2D eigenvalue weighted by molar-refractivity contribution is 0.111. The number of ether oxygens (including phenoxy) is 1. The molecule has 7 heteroatoms. The van der Waals surface area contributed by atoms with Crippen LogP contribution in [0.2, 0.25) is 0 Å². The number of carbonyl (C=O) groups is 1. The first-order chi connectivity index (χ1) is 11.7. The molecule has 0 spiro atoms. The van der Waals surface area contributed by atoms with E-state index in [9.17, 15) is 4.79 Å². The fourth-order valence-electron chi connectivity index (χ4n) is 2.83. The van der Waals surface area contributed by atoms with Crippen LogP contribution in [0.1, 0.15) is 18.5 Å². The first-order valence-electron chi connectivity index (χ1n) is 8.30. The van der Waals surface area contributed by atoms with E-state index in [-0.39, 0.29) is 12.1 Å². The van der Waals surface area contributed by atoms with Gasteiger partial charge in [-0.1, -0.05) is 0 Å². The van der Waals surface area contributed by atoms with Crippen molar-refractivity contribution in [2.75, 3.05) is 19.7 Å². The van der Waals surface area contributed by atoms with E-state index in [1.165, 1.54) is 0 Å². The summed E-state index contributed by atoms with van der Waals surface area (Å²) in [5.41, 5.74) is 2.07. The van der Waals surface area contributed by atoms with Gasteiger partial charge in [0.1, 0.15) is 5.82 Å². The molecule has 3 heterocycles. The van der Waals surface area contributed by atoms with Crippen molar-refractivity contribution in [3.8, 4) is 11.4 Å². The smallest absolute Gasteiger partial charge is 0.314 e. The van der Waals surface area contributed by atoms with Gasteiger partial charge in [-0.25, -0.2) is 9.78 Å². The highest BCUT2D eigenvalue weighted by molar-refractivity contribution is 5.73. The van der Waals surface area contributed by atoms with Crippen LogP contribution in [0.5, 0.6) is 0 Å². The van der Waals surface area contributed by atoms with Crippen LogP contribution in [-0.4, -0.2) is 46.4 Å². The van der Waals surface area contributed by atoms with Crippen molar-refractivity contribution in [3.05, 3.63) is 36.4 Å². The molecular formula is C17H23N5O2. The van der Waals surface area contributed by atoms with Gasteiger partial charge in [-0.2, -0.15) is 0 Å². The van der Waals surface area contributed by atoms with Crippen LogP contribution in [0.4, 0.5) is 4.79 Å². The largest absolute Gasteiger partial charge is 0.376 e. The molecule has 0 radical (unpaired) electrons. The quantitative estimate of drug-likeness (QED) is 0.846. The predicted octanol–water partition coefficient (Wildman–Crippen LogP) is 1.73. The maximum atomic E-state index is 11.9. The fourth-order valence-corrected chi connectivity index (χ4v) is 2.83. The van der Waals surface area contributed by atoms with E-state index in [2.05, 4.69) is 25.2 Å². The summed E-state index contributed by atoms with van der Waals surface area (Å²) in [5.74, 6) is 0.886. The second-order valence-corrected chi connectivity index (χ2v) is 5.88. The number of hydrogen-bond acceptors (Lipinski definition) is 4. The number of carbonyl (C=O) groups excluding carboxylic acids is 1. The molecule has 3 rings (SSSR count). The molecule has 2 N–H and O–H groups in total. The molecule has 7 nitrogen and oxygen atoms in total. The number of hydrogen-bond donors (Lipinski definition) is 2. The normalized spacial score (nSPS) is 17.0. The van der Waals surface area contributed by atoms with Crippen molar-refractivity contribution in [2.45, 2.75) is 32.4 Å². The molecule has 1 aliphatic rings. The van der Waals surface area contributed by atoms with Gasteiger partial charge in [-0.15, -0.1) is 0 Å². The summed E-state index contributed by atoms with van der Waals surface area (Å²) in [6, 6.07) is 3.70. The van der Waals surface area contributed by atoms with E-state index in [4.69, 9.17) is 4.74 Å². The van der Waals surface area contributed by atoms with Crippen LogP contribution in [0, 0.1) is 6.92 Å². The molecule has 1 unspecified atom stereocenters. The standard InChI is InChI=1S/C17H23N5O2/c1-13-11-20-16(14-4-6-18-7-5-14)22(13)9-8-19-17(23)21-12-15-3-2-10-24-15/h4-7,11,15H,2-3,8-10,12H2,1H3,(H2,19,21,23). The molecule has 24 heavy (non-hydrogen) atoms. The Morgan fingerprint density at radius 1 is 1.38 bits per heavy atom. The lowest BCUT2D eigenvalue weighted by atomic mass is 10.2. The number of nitrogens with zero attached hydrogens (tertiary/aromatic N) is 3. The van der Waals surface area contributed by atoms with Crippen LogP contribution in [0.25, 0.3) is 11.4 Å². The molecule has 0 bridgehead atoms. The maximum Gasteiger partial charge on any atom is 0.314 e. The molecule has 0 aromatic carbocycles. The summed E-state index contributed by atoms with van der Waals surface area (Å²) < 4.78 is 7.58. The first-order valence-corrected chi connectivity index (χ1v) is 8.30. The molecule has 0 aliphatic carbocycles. The molecule has 1 atom stereocenters. The summed E-state index contributed by atoms with van der Waals surface area (Å²) in [6.07, 6.45) is 7.59. The third-order valence-corrected chi connectivity index (χ3v) is 4.13. The first kappa shape index (κ1) is 16.4. The van der Waals surface area contributed by atoms with Crippen LogP contribution in [-0.2, 0) is 11.3 Å². The van der Waals surface area contributed by atoms with E-state index in [1.54, 1.807) is 12.4 Å². The lowest BCUT2D eigenvalue weighted by Crippen LogP contribution is -2.40. The Morgan fingerprint density at radius 3 is 2.96 bits per heavy atom. The van der Waals surface area contributed by atoms with E-state index < -0.39 is 0 Å². The van der Waals surface area contributed by atoms with Crippen LogP contribution in [0.15, 0.2) is 30.7 Å². The van der Waals surface area contributed by atoms with Crippen molar-refractivity contribution in [1.82, 2.24) is 25.2 Å². The Labute approximate surface area is 141 Å². The van der Waals surface area contributed by atoms with Crippen LogP contribution < -0.4 is 10.6 Å². The average Bonchev–Trinajstić information content (AvgIpc) is 3.24. The van der Waals surface area contributed by atoms with E-state index in [0.717, 1.165) is 36.5 Å². The molecule has 1 aliphatic heterocycles. The van der Waals surface area contributed by atoms with Crippen molar-refractivity contribution >= 4 is 6.03 Å². The number of rotatable bonds is 6. The topological polar surface area (TPSA) is 81.1 Å². The number of nitrogens with one attached hydrogen (secondary N) is 2. The average molecular weight is 329 g/mol. The summed E-state index contributed by atoms with van der Waals surface area (Å²) in [7, 11) is 0. The lowest BCUT2D eigenvalue weighted by Gasteiger charge is -2.13. The second kappa shape index (κ2) is 7.92. The molecule has 128 valence electrons. The van der Waals surface area contributed by atoms with Gasteiger partial charge in [0.05, 0.1) is 6.10 Å². The summed E-state index contributed by atoms with van der Waals surface area (Å²) >= 11 is 0. The highest BCUT2D eigenvalue weighted by atomic mass is 16.5. The number of aryl methyl sites for hydroxylation is 1. The highest BCUT2D eigenvalue weighted by Gasteiger charge is 2.16. The molecular weight excluding hydrogens is 306 g/mol. The van der Waals surface area contributed by atoms with Crippen molar-refractivity contribution in [2.24, 2.45) is 0 Å². The second-order valence-electron chi connectivity index (χ2n) is 5.88. The van der Waals surface area contributed by atoms with Crippen molar-refractivity contribution in [3.63, 3.8) is 0 Å². The van der Waals surface area contributed by atoms with Gasteiger partial charge in [0.15, 0.2) is 0 Å². The monoisotopic (exact) mass is 329 g/mol. The van der Waals surface area contributed by atoms with Crippen molar-refractivity contribution in [1.29, 1.82) is 0 Å². The van der Waals surface area contributed by atoms with Gasteiger partial charge in [0, 0.05) is 56.1 Å². The Balaban J connectivity index is 1.50. The summed E-state index contributed by atoms with van der Waals surface area (Å²) in [4.78, 5) is 20.4. The van der Waals surface area contributed by atoms with Crippen LogP contribution >= 0.6 is 0 Å². The summed E-state index contributed by atoms with van der Waals surface area (Å²) in [6.45, 7) is 4.57. The number of amides is 2. The van der Waals surface area contributed by atoms with Crippen LogP contribution in [0.3, 0.4) is 0 Å². The Morgan fingerprint density at radius 2 is 2.21 bits per heavy atom. The van der Waals surface area contributed by atoms with E-state index in [1.807, 2.05) is 25.3 Å². The molecule has 2 aromatic rings. The number of imidazole rings is 1. The Kier molecular flexibility index (Phi) is 5.43. The molecule has 1 fully saturated rings. The van der Waals surface area contributed by atoms with Gasteiger partial charge >= 0.3 is 6.03 Å². The van der Waals surface area contributed by atoms with Crippen molar-refractivity contribution < 1.29 is 9.53 Å². The minimum absolute atomic E-state index is 0.157. The highest BCUT2D eigenvalue weighted by Crippen LogP contribution is 2.18. The third-order valence-electron chi connectivity index (χ3n) is 4.13. The Bertz CT molecular complexity index is 665. The molecule has 2 amide bonds. The zero-order valence-corrected chi connectivity index (χ0v) is 13.9. The number of urea groups is 1. The fraction of sp³-hybridized carbons (Fsp3) is 0.471. The maximum absolute atomic E-state index is 11.9. The minimum Gasteiger partial charge on any atom is -0.376 e. The molecule has 0 saturated carbocycles. The Hall–Kier alpha value is -2.41.